The molecule has 0 bridgehead atoms. The van der Waals surface area contributed by atoms with Gasteiger partial charge in [-0.05, 0) is 62.9 Å². The summed E-state index contributed by atoms with van der Waals surface area (Å²) in [6, 6.07) is 8.70. The maximum absolute atomic E-state index is 12.9. The first kappa shape index (κ1) is 22.3. The molecule has 3 heterocycles. The van der Waals surface area contributed by atoms with Crippen LogP contribution in [0.4, 0.5) is 5.82 Å². The van der Waals surface area contributed by atoms with E-state index >= 15 is 0 Å². The summed E-state index contributed by atoms with van der Waals surface area (Å²) in [4.78, 5) is 13.4. The van der Waals surface area contributed by atoms with Crippen molar-refractivity contribution in [1.82, 2.24) is 19.7 Å². The third kappa shape index (κ3) is 4.95. The van der Waals surface area contributed by atoms with Gasteiger partial charge in [-0.2, -0.15) is 0 Å². The Kier molecular flexibility index (Phi) is 6.50. The summed E-state index contributed by atoms with van der Waals surface area (Å²) < 4.78 is 34.2. The maximum atomic E-state index is 12.9. The molecule has 9 heteroatoms. The molecule has 0 saturated carbocycles. The number of nitrogens with zero attached hydrogens (tertiary/aromatic N) is 3. The van der Waals surface area contributed by atoms with Crippen LogP contribution in [0.2, 0.25) is 0 Å². The first-order valence-corrected chi connectivity index (χ1v) is 12.1. The summed E-state index contributed by atoms with van der Waals surface area (Å²) >= 11 is 0. The molecule has 2 aromatic heterocycles. The zero-order chi connectivity index (χ0) is 22.7. The number of nitrogen functional groups attached to an aromatic ring is 1. The number of sulfonamides is 1. The molecule has 3 aromatic rings. The second-order valence-corrected chi connectivity index (χ2v) is 9.76. The summed E-state index contributed by atoms with van der Waals surface area (Å²) in [7, 11) is -3.69. The van der Waals surface area contributed by atoms with Crippen LogP contribution in [0.3, 0.4) is 0 Å². The van der Waals surface area contributed by atoms with E-state index in [9.17, 15) is 8.42 Å². The van der Waals surface area contributed by atoms with Crippen molar-refractivity contribution in [2.24, 2.45) is 0 Å². The lowest BCUT2D eigenvalue weighted by atomic mass is 10.1. The highest BCUT2D eigenvalue weighted by Gasteiger charge is 2.21. The number of benzene rings is 1. The second kappa shape index (κ2) is 9.32. The number of aromatic nitrogens is 3. The van der Waals surface area contributed by atoms with Crippen molar-refractivity contribution in [2.45, 2.75) is 44.1 Å². The lowest BCUT2D eigenvalue weighted by Gasteiger charge is -2.22. The van der Waals surface area contributed by atoms with Gasteiger partial charge in [0.05, 0.1) is 22.9 Å². The summed E-state index contributed by atoms with van der Waals surface area (Å²) in [5.41, 5.74) is 10.4. The van der Waals surface area contributed by atoms with E-state index in [0.717, 1.165) is 36.1 Å². The van der Waals surface area contributed by atoms with Gasteiger partial charge in [0.2, 0.25) is 10.0 Å². The van der Waals surface area contributed by atoms with Crippen LogP contribution in [-0.2, 0) is 14.8 Å². The average molecular weight is 454 g/mol. The number of anilines is 1. The minimum absolute atomic E-state index is 0.0854. The van der Waals surface area contributed by atoms with Gasteiger partial charge in [0.15, 0.2) is 0 Å². The molecule has 8 nitrogen and oxygen atoms in total. The minimum atomic E-state index is -3.69. The molecule has 168 valence electrons. The smallest absolute Gasteiger partial charge is 0.240 e. The highest BCUT2D eigenvalue weighted by Crippen LogP contribution is 2.29. The fourth-order valence-electron chi connectivity index (χ4n) is 3.73. The number of hydrogen-bond acceptors (Lipinski definition) is 7. The van der Waals surface area contributed by atoms with Crippen molar-refractivity contribution < 1.29 is 13.2 Å². The highest BCUT2D eigenvalue weighted by atomic mass is 32.2. The highest BCUT2D eigenvalue weighted by molar-refractivity contribution is 7.89. The van der Waals surface area contributed by atoms with E-state index in [0.29, 0.717) is 29.4 Å². The van der Waals surface area contributed by atoms with Crippen LogP contribution in [0, 0.1) is 13.8 Å². The Hall–Kier alpha value is -2.88. The number of nitrogens with two attached hydrogens (primary N) is 1. The largest absolute Gasteiger partial charge is 0.382 e. The van der Waals surface area contributed by atoms with Gasteiger partial charge < -0.3 is 10.5 Å². The van der Waals surface area contributed by atoms with Gasteiger partial charge in [0.1, 0.15) is 11.5 Å². The van der Waals surface area contributed by atoms with E-state index < -0.39 is 10.0 Å². The molecule has 3 N–H and O–H groups in total. The maximum Gasteiger partial charge on any atom is 0.240 e. The predicted octanol–water partition coefficient (Wildman–Crippen LogP) is 3.25. The lowest BCUT2D eigenvalue weighted by Crippen LogP contribution is -2.35. The molecular weight excluding hydrogens is 426 g/mol. The fourth-order valence-corrected chi connectivity index (χ4v) is 4.82. The lowest BCUT2D eigenvalue weighted by molar-refractivity contribution is 0.0200. The molecule has 1 fully saturated rings. The zero-order valence-electron chi connectivity index (χ0n) is 18.2. The predicted molar refractivity (Wildman–Crippen MR) is 123 cm³/mol. The minimum Gasteiger partial charge on any atom is -0.382 e. The first-order valence-electron chi connectivity index (χ1n) is 10.6. The van der Waals surface area contributed by atoms with Crippen LogP contribution in [0.25, 0.3) is 22.5 Å². The van der Waals surface area contributed by atoms with E-state index in [1.807, 2.05) is 26.0 Å². The third-order valence-electron chi connectivity index (χ3n) is 5.54. The number of hydrogen-bond donors (Lipinski definition) is 2. The third-order valence-corrected chi connectivity index (χ3v) is 6.96. The van der Waals surface area contributed by atoms with E-state index in [4.69, 9.17) is 15.5 Å². The van der Waals surface area contributed by atoms with Crippen molar-refractivity contribution >= 4 is 15.8 Å². The van der Waals surface area contributed by atoms with Gasteiger partial charge in [0, 0.05) is 36.2 Å². The van der Waals surface area contributed by atoms with Gasteiger partial charge in [-0.1, -0.05) is 6.07 Å². The van der Waals surface area contributed by atoms with Crippen LogP contribution in [0.1, 0.15) is 30.5 Å². The molecule has 0 aliphatic carbocycles. The molecule has 1 aliphatic heterocycles. The number of pyridine rings is 1. The summed E-state index contributed by atoms with van der Waals surface area (Å²) in [5.74, 6) is 0.301. The van der Waals surface area contributed by atoms with Crippen molar-refractivity contribution in [3.63, 3.8) is 0 Å². The molecule has 1 unspecified atom stereocenters. The topological polar surface area (TPSA) is 120 Å². The molecule has 0 radical (unpaired) electrons. The summed E-state index contributed by atoms with van der Waals surface area (Å²) in [6.45, 7) is 4.74. The van der Waals surface area contributed by atoms with Crippen LogP contribution >= 0.6 is 0 Å². The Morgan fingerprint density at radius 2 is 2.00 bits per heavy atom. The van der Waals surface area contributed by atoms with Crippen LogP contribution < -0.4 is 10.5 Å². The second-order valence-electron chi connectivity index (χ2n) is 7.99. The van der Waals surface area contributed by atoms with Gasteiger partial charge >= 0.3 is 0 Å². The first-order chi connectivity index (χ1) is 15.3. The number of aryl methyl sites for hydroxylation is 2. The van der Waals surface area contributed by atoms with E-state index in [2.05, 4.69) is 14.7 Å². The molecule has 0 amide bonds. The Balaban J connectivity index is 1.65. The van der Waals surface area contributed by atoms with Gasteiger partial charge in [-0.15, -0.1) is 0 Å². The summed E-state index contributed by atoms with van der Waals surface area (Å²) in [5, 5.41) is 0. The quantitative estimate of drug-likeness (QED) is 0.588. The number of ether oxygens (including phenoxy) is 1. The molecule has 1 aromatic carbocycles. The summed E-state index contributed by atoms with van der Waals surface area (Å²) in [6.07, 6.45) is 6.11. The van der Waals surface area contributed by atoms with E-state index in [1.165, 1.54) is 0 Å². The molecule has 32 heavy (non-hydrogen) atoms. The fraction of sp³-hybridized carbons (Fsp3) is 0.348. The van der Waals surface area contributed by atoms with Crippen LogP contribution in [0.15, 0.2) is 47.6 Å². The normalized spacial score (nSPS) is 16.8. The molecule has 1 aliphatic rings. The zero-order valence-corrected chi connectivity index (χ0v) is 19.0. The van der Waals surface area contributed by atoms with Crippen molar-refractivity contribution in [2.75, 3.05) is 18.9 Å². The van der Waals surface area contributed by atoms with Crippen molar-refractivity contribution in [1.29, 1.82) is 0 Å². The van der Waals surface area contributed by atoms with Crippen LogP contribution in [-0.4, -0.2) is 42.6 Å². The van der Waals surface area contributed by atoms with Crippen LogP contribution in [0.5, 0.6) is 0 Å². The van der Waals surface area contributed by atoms with Gasteiger partial charge in [-0.3, -0.25) is 4.98 Å². The monoisotopic (exact) mass is 453 g/mol. The van der Waals surface area contributed by atoms with Gasteiger partial charge in [0.25, 0.3) is 0 Å². The standard InChI is InChI=1S/C23H27N5O3S/c1-15-6-7-19(32(29,30)27-13-18-5-3-4-10-31-18)12-20(15)21-14-26-23(24)22(28-21)17-8-9-25-16(2)11-17/h6-9,11-12,14,18,27H,3-5,10,13H2,1-2H3,(H2,24,26). The Labute approximate surface area is 188 Å². The van der Waals surface area contributed by atoms with Gasteiger partial charge in [-0.25, -0.2) is 23.1 Å². The number of nitrogens with one attached hydrogen (secondary N) is 1. The molecule has 0 spiro atoms. The van der Waals surface area contributed by atoms with E-state index in [1.54, 1.807) is 30.6 Å². The van der Waals surface area contributed by atoms with E-state index in [-0.39, 0.29) is 17.5 Å². The van der Waals surface area contributed by atoms with Crippen molar-refractivity contribution in [3.8, 4) is 22.5 Å². The Morgan fingerprint density at radius 1 is 1.16 bits per heavy atom. The molecule has 1 atom stereocenters. The Morgan fingerprint density at radius 3 is 2.75 bits per heavy atom. The number of rotatable bonds is 6. The molecule has 4 rings (SSSR count). The molecular formula is C23H27N5O3S. The average Bonchev–Trinajstić information content (AvgIpc) is 2.79. The Bertz CT molecular complexity index is 1220. The SMILES string of the molecule is Cc1cc(-c2nc(-c3cc(S(=O)(=O)NCC4CCCCO4)ccc3C)cnc2N)ccn1. The van der Waals surface area contributed by atoms with Crippen molar-refractivity contribution in [3.05, 3.63) is 54.0 Å². The molecule has 1 saturated heterocycles.